The Balaban J connectivity index is 3.18. The lowest BCUT2D eigenvalue weighted by Gasteiger charge is -2.28. The molecule has 1 N–H and O–H groups in total. The van der Waals surface area contributed by atoms with Crippen LogP contribution in [0, 0.1) is 5.41 Å². The lowest BCUT2D eigenvalue weighted by Crippen LogP contribution is -2.31. The Kier molecular flexibility index (Phi) is 5.01. The molecule has 0 heterocycles. The minimum Gasteiger partial charge on any atom is -0.492 e. The summed E-state index contributed by atoms with van der Waals surface area (Å²) in [6.07, 6.45) is 0. The van der Waals surface area contributed by atoms with Crippen molar-refractivity contribution in [1.82, 2.24) is 0 Å². The van der Waals surface area contributed by atoms with E-state index in [1.165, 1.54) is 5.56 Å². The van der Waals surface area contributed by atoms with Crippen molar-refractivity contribution in [2.45, 2.75) is 66.2 Å². The van der Waals surface area contributed by atoms with E-state index in [2.05, 4.69) is 53.7 Å². The van der Waals surface area contributed by atoms with Gasteiger partial charge in [-0.05, 0) is 41.9 Å². The van der Waals surface area contributed by atoms with Gasteiger partial charge in [0.1, 0.15) is 12.4 Å². The van der Waals surface area contributed by atoms with Crippen LogP contribution in [0.25, 0.3) is 0 Å². The van der Waals surface area contributed by atoms with Gasteiger partial charge < -0.3 is 9.84 Å². The maximum atomic E-state index is 11.2. The van der Waals surface area contributed by atoms with E-state index in [1.54, 1.807) is 13.8 Å². The first-order chi connectivity index (χ1) is 9.75. The van der Waals surface area contributed by atoms with Crippen molar-refractivity contribution in [3.05, 3.63) is 29.3 Å². The van der Waals surface area contributed by atoms with Crippen LogP contribution in [0.2, 0.25) is 0 Å². The standard InChI is InChI=1S/C19H30O3/c1-17(2,3)13-9-10-15(14(11-13)18(4,5)6)22-12-19(7,8)16(20)21/h9-11H,12H2,1-8H3,(H,20,21). The summed E-state index contributed by atoms with van der Waals surface area (Å²) in [4.78, 5) is 11.2. The van der Waals surface area contributed by atoms with Crippen molar-refractivity contribution >= 4 is 5.97 Å². The molecule has 0 aliphatic rings. The van der Waals surface area contributed by atoms with Gasteiger partial charge in [-0.25, -0.2) is 0 Å². The molecule has 0 saturated carbocycles. The minimum atomic E-state index is -0.905. The van der Waals surface area contributed by atoms with Crippen LogP contribution in [-0.2, 0) is 15.6 Å². The van der Waals surface area contributed by atoms with Gasteiger partial charge in [0.2, 0.25) is 0 Å². The summed E-state index contributed by atoms with van der Waals surface area (Å²) >= 11 is 0. The fourth-order valence-corrected chi connectivity index (χ4v) is 2.03. The zero-order chi connectivity index (χ0) is 17.3. The van der Waals surface area contributed by atoms with E-state index in [9.17, 15) is 9.90 Å². The smallest absolute Gasteiger partial charge is 0.312 e. The molecule has 0 aliphatic carbocycles. The Labute approximate surface area is 134 Å². The van der Waals surface area contributed by atoms with Gasteiger partial charge >= 0.3 is 5.97 Å². The molecule has 0 amide bonds. The molecule has 3 nitrogen and oxygen atoms in total. The molecular formula is C19H30O3. The van der Waals surface area contributed by atoms with Crippen LogP contribution in [-0.4, -0.2) is 17.7 Å². The van der Waals surface area contributed by atoms with Crippen LogP contribution in [0.3, 0.4) is 0 Å². The molecule has 0 aromatic heterocycles. The largest absolute Gasteiger partial charge is 0.492 e. The lowest BCUT2D eigenvalue weighted by molar-refractivity contribution is -0.148. The number of hydrogen-bond acceptors (Lipinski definition) is 2. The number of ether oxygens (including phenoxy) is 1. The maximum absolute atomic E-state index is 11.2. The Morgan fingerprint density at radius 1 is 1.00 bits per heavy atom. The molecule has 0 bridgehead atoms. The normalized spacial score (nSPS) is 13.1. The average molecular weight is 306 g/mol. The van der Waals surface area contributed by atoms with Crippen LogP contribution in [0.1, 0.15) is 66.5 Å². The molecule has 0 aliphatic heterocycles. The number of benzene rings is 1. The van der Waals surface area contributed by atoms with Gasteiger partial charge in [0.15, 0.2) is 0 Å². The van der Waals surface area contributed by atoms with Crippen molar-refractivity contribution in [2.24, 2.45) is 5.41 Å². The Bertz CT molecular complexity index is 543. The molecule has 0 fully saturated rings. The highest BCUT2D eigenvalue weighted by Crippen LogP contribution is 2.36. The summed E-state index contributed by atoms with van der Waals surface area (Å²) in [5.41, 5.74) is 1.46. The molecular weight excluding hydrogens is 276 g/mol. The zero-order valence-electron chi connectivity index (χ0n) is 15.2. The second kappa shape index (κ2) is 5.94. The third-order valence-corrected chi connectivity index (χ3v) is 3.82. The van der Waals surface area contributed by atoms with Crippen molar-refractivity contribution in [3.8, 4) is 5.75 Å². The van der Waals surface area contributed by atoms with Crippen molar-refractivity contribution in [2.75, 3.05) is 6.61 Å². The van der Waals surface area contributed by atoms with Crippen LogP contribution in [0.4, 0.5) is 0 Å². The molecule has 124 valence electrons. The zero-order valence-corrected chi connectivity index (χ0v) is 15.2. The molecule has 0 spiro atoms. The summed E-state index contributed by atoms with van der Waals surface area (Å²) in [5, 5.41) is 9.22. The van der Waals surface area contributed by atoms with Crippen molar-refractivity contribution in [1.29, 1.82) is 0 Å². The molecule has 1 rings (SSSR count). The summed E-state index contributed by atoms with van der Waals surface area (Å²) in [6.45, 7) is 16.5. The fourth-order valence-electron chi connectivity index (χ4n) is 2.03. The Morgan fingerprint density at radius 3 is 1.95 bits per heavy atom. The first-order valence-electron chi connectivity index (χ1n) is 7.76. The maximum Gasteiger partial charge on any atom is 0.312 e. The van der Waals surface area contributed by atoms with Crippen LogP contribution in [0.5, 0.6) is 5.75 Å². The molecule has 1 aromatic carbocycles. The number of carboxylic acid groups (broad SMARTS) is 1. The van der Waals surface area contributed by atoms with E-state index in [0.29, 0.717) is 0 Å². The number of aliphatic carboxylic acids is 1. The Morgan fingerprint density at radius 2 is 1.55 bits per heavy atom. The van der Waals surface area contributed by atoms with Crippen LogP contribution >= 0.6 is 0 Å². The highest BCUT2D eigenvalue weighted by molar-refractivity contribution is 5.73. The SMILES string of the molecule is CC(C)(COc1ccc(C(C)(C)C)cc1C(C)(C)C)C(=O)O. The molecule has 0 atom stereocenters. The van der Waals surface area contributed by atoms with E-state index >= 15 is 0 Å². The quantitative estimate of drug-likeness (QED) is 0.871. The van der Waals surface area contributed by atoms with Gasteiger partial charge in [-0.3, -0.25) is 4.79 Å². The minimum absolute atomic E-state index is 0.0655. The number of hydrogen-bond donors (Lipinski definition) is 1. The first kappa shape index (κ1) is 18.5. The second-order valence-corrected chi connectivity index (χ2v) is 8.69. The van der Waals surface area contributed by atoms with E-state index in [-0.39, 0.29) is 17.4 Å². The van der Waals surface area contributed by atoms with Crippen molar-refractivity contribution < 1.29 is 14.6 Å². The molecule has 3 heteroatoms. The van der Waals surface area contributed by atoms with E-state index < -0.39 is 11.4 Å². The topological polar surface area (TPSA) is 46.5 Å². The van der Waals surface area contributed by atoms with Gasteiger partial charge in [-0.1, -0.05) is 53.7 Å². The predicted molar refractivity (Wildman–Crippen MR) is 90.8 cm³/mol. The molecule has 0 saturated heterocycles. The average Bonchev–Trinajstić information content (AvgIpc) is 2.33. The number of carbonyl (C=O) groups is 1. The molecule has 22 heavy (non-hydrogen) atoms. The molecule has 0 radical (unpaired) electrons. The van der Waals surface area contributed by atoms with Crippen molar-refractivity contribution in [3.63, 3.8) is 0 Å². The van der Waals surface area contributed by atoms with Gasteiger partial charge in [0.05, 0.1) is 5.41 Å². The Hall–Kier alpha value is -1.51. The summed E-state index contributed by atoms with van der Waals surface area (Å²) in [6, 6.07) is 6.22. The van der Waals surface area contributed by atoms with Gasteiger partial charge in [-0.2, -0.15) is 0 Å². The number of carboxylic acids is 1. The second-order valence-electron chi connectivity index (χ2n) is 8.69. The summed E-state index contributed by atoms with van der Waals surface area (Å²) in [5.74, 6) is -0.0778. The van der Waals surface area contributed by atoms with Crippen LogP contribution < -0.4 is 4.74 Å². The first-order valence-corrected chi connectivity index (χ1v) is 7.76. The third-order valence-electron chi connectivity index (χ3n) is 3.82. The van der Waals surface area contributed by atoms with Gasteiger partial charge in [0.25, 0.3) is 0 Å². The van der Waals surface area contributed by atoms with E-state index in [0.717, 1.165) is 11.3 Å². The summed E-state index contributed by atoms with van der Waals surface area (Å²) in [7, 11) is 0. The van der Waals surface area contributed by atoms with Gasteiger partial charge in [0, 0.05) is 0 Å². The highest BCUT2D eigenvalue weighted by Gasteiger charge is 2.29. The molecule has 0 unspecified atom stereocenters. The fraction of sp³-hybridized carbons (Fsp3) is 0.632. The molecule has 1 aromatic rings. The lowest BCUT2D eigenvalue weighted by atomic mass is 9.80. The van der Waals surface area contributed by atoms with E-state index in [4.69, 9.17) is 4.74 Å². The van der Waals surface area contributed by atoms with Crippen LogP contribution in [0.15, 0.2) is 18.2 Å². The monoisotopic (exact) mass is 306 g/mol. The highest BCUT2D eigenvalue weighted by atomic mass is 16.5. The number of rotatable bonds is 4. The van der Waals surface area contributed by atoms with E-state index in [1.807, 2.05) is 6.07 Å². The predicted octanol–water partition coefficient (Wildman–Crippen LogP) is 4.77. The third kappa shape index (κ3) is 4.49. The summed E-state index contributed by atoms with van der Waals surface area (Å²) < 4.78 is 5.88. The van der Waals surface area contributed by atoms with Gasteiger partial charge in [-0.15, -0.1) is 0 Å².